The van der Waals surface area contributed by atoms with Gasteiger partial charge in [0.2, 0.25) is 0 Å². The Morgan fingerprint density at radius 1 is 1.23 bits per heavy atom. The highest BCUT2D eigenvalue weighted by molar-refractivity contribution is 5.96. The van der Waals surface area contributed by atoms with E-state index in [1.165, 1.54) is 18.3 Å². The number of carbonyl (C=O) groups is 1. The molecule has 26 heavy (non-hydrogen) atoms. The first kappa shape index (κ1) is 19.1. The minimum Gasteiger partial charge on any atom is -0.372 e. The molecule has 7 nitrogen and oxygen atoms in total. The van der Waals surface area contributed by atoms with Gasteiger partial charge in [0.05, 0.1) is 11.1 Å². The Morgan fingerprint density at radius 2 is 1.96 bits per heavy atom. The standard InChI is InChI=1S/C19H22N4O3/c1-4-22(5-2)18-10-9-17(23(25)26)12-16(18)13-20-21-19(24)15-8-6-7-14(3)11-15/h6-13H,4-5H2,1-3H3,(H,21,24). The first-order valence-electron chi connectivity index (χ1n) is 8.39. The van der Waals surface area contributed by atoms with Crippen molar-refractivity contribution in [2.24, 2.45) is 5.10 Å². The SMILES string of the molecule is CCN(CC)c1ccc([N+](=O)[O-])cc1C=NNC(=O)c1cccc(C)c1. The molecule has 1 N–H and O–H groups in total. The molecule has 0 spiro atoms. The van der Waals surface area contributed by atoms with E-state index >= 15 is 0 Å². The molecule has 136 valence electrons. The molecule has 0 unspecified atom stereocenters. The van der Waals surface area contributed by atoms with E-state index in [0.29, 0.717) is 11.1 Å². The van der Waals surface area contributed by atoms with Crippen molar-refractivity contribution in [2.75, 3.05) is 18.0 Å². The zero-order valence-corrected chi connectivity index (χ0v) is 15.1. The van der Waals surface area contributed by atoms with E-state index in [-0.39, 0.29) is 11.6 Å². The third kappa shape index (κ3) is 4.66. The van der Waals surface area contributed by atoms with E-state index in [1.54, 1.807) is 24.3 Å². The van der Waals surface area contributed by atoms with Crippen LogP contribution in [-0.4, -0.2) is 30.1 Å². The van der Waals surface area contributed by atoms with E-state index < -0.39 is 4.92 Å². The monoisotopic (exact) mass is 354 g/mol. The van der Waals surface area contributed by atoms with Gasteiger partial charge in [-0.3, -0.25) is 14.9 Å². The average molecular weight is 354 g/mol. The Kier molecular flexibility index (Phi) is 6.43. The fraction of sp³-hybridized carbons (Fsp3) is 0.263. The molecule has 7 heteroatoms. The lowest BCUT2D eigenvalue weighted by Crippen LogP contribution is -2.23. The van der Waals surface area contributed by atoms with Crippen molar-refractivity contribution in [2.45, 2.75) is 20.8 Å². The smallest absolute Gasteiger partial charge is 0.271 e. The lowest BCUT2D eigenvalue weighted by atomic mass is 10.1. The molecule has 0 saturated heterocycles. The molecule has 0 saturated carbocycles. The third-order valence-electron chi connectivity index (χ3n) is 3.98. The Labute approximate surface area is 152 Å². The molecule has 0 bridgehead atoms. The molecule has 0 aliphatic carbocycles. The summed E-state index contributed by atoms with van der Waals surface area (Å²) >= 11 is 0. The number of anilines is 1. The number of aryl methyl sites for hydroxylation is 1. The third-order valence-corrected chi connectivity index (χ3v) is 3.98. The van der Waals surface area contributed by atoms with Crippen LogP contribution in [0.1, 0.15) is 35.3 Å². The van der Waals surface area contributed by atoms with Gasteiger partial charge in [0, 0.05) is 42.0 Å². The number of hydrogen-bond donors (Lipinski definition) is 1. The number of non-ortho nitro benzene ring substituents is 1. The Bertz CT molecular complexity index is 829. The molecular formula is C19H22N4O3. The number of nitrogens with zero attached hydrogens (tertiary/aromatic N) is 3. The Balaban J connectivity index is 2.25. The topological polar surface area (TPSA) is 87.8 Å². The van der Waals surface area contributed by atoms with Crippen LogP contribution >= 0.6 is 0 Å². The van der Waals surface area contributed by atoms with Crippen LogP contribution in [0.2, 0.25) is 0 Å². The molecule has 0 aliphatic heterocycles. The first-order valence-corrected chi connectivity index (χ1v) is 8.39. The number of nitro benzene ring substituents is 1. The Hall–Kier alpha value is -3.22. The lowest BCUT2D eigenvalue weighted by Gasteiger charge is -2.22. The average Bonchev–Trinajstić information content (AvgIpc) is 2.63. The highest BCUT2D eigenvalue weighted by atomic mass is 16.6. The van der Waals surface area contributed by atoms with Crippen LogP contribution in [0.3, 0.4) is 0 Å². The number of nitro groups is 1. The molecule has 2 rings (SSSR count). The second-order valence-corrected chi connectivity index (χ2v) is 5.74. The van der Waals surface area contributed by atoms with Crippen LogP contribution in [0.15, 0.2) is 47.6 Å². The van der Waals surface area contributed by atoms with E-state index in [4.69, 9.17) is 0 Å². The zero-order chi connectivity index (χ0) is 19.1. The van der Waals surface area contributed by atoms with E-state index in [1.807, 2.05) is 26.8 Å². The Morgan fingerprint density at radius 3 is 2.58 bits per heavy atom. The van der Waals surface area contributed by atoms with E-state index in [9.17, 15) is 14.9 Å². The summed E-state index contributed by atoms with van der Waals surface area (Å²) in [6.45, 7) is 7.42. The molecule has 0 aromatic heterocycles. The minimum atomic E-state index is -0.450. The van der Waals surface area contributed by atoms with Gasteiger partial charge in [-0.15, -0.1) is 0 Å². The van der Waals surface area contributed by atoms with Crippen molar-refractivity contribution in [3.63, 3.8) is 0 Å². The summed E-state index contributed by atoms with van der Waals surface area (Å²) < 4.78 is 0. The van der Waals surface area contributed by atoms with E-state index in [0.717, 1.165) is 24.3 Å². The minimum absolute atomic E-state index is 0.0210. The number of rotatable bonds is 7. The second kappa shape index (κ2) is 8.75. The van der Waals surface area contributed by atoms with Gasteiger partial charge in [0.1, 0.15) is 0 Å². The molecule has 1 amide bonds. The van der Waals surface area contributed by atoms with Gasteiger partial charge in [-0.05, 0) is 39.0 Å². The molecule has 2 aromatic rings. The predicted molar refractivity (Wildman–Crippen MR) is 103 cm³/mol. The van der Waals surface area contributed by atoms with Crippen molar-refractivity contribution in [3.8, 4) is 0 Å². The number of nitrogens with one attached hydrogen (secondary N) is 1. The summed E-state index contributed by atoms with van der Waals surface area (Å²) in [5, 5.41) is 15.0. The van der Waals surface area contributed by atoms with Crippen LogP contribution in [0.5, 0.6) is 0 Å². The maximum absolute atomic E-state index is 12.1. The molecule has 0 atom stereocenters. The van der Waals surface area contributed by atoms with Gasteiger partial charge in [-0.25, -0.2) is 5.43 Å². The van der Waals surface area contributed by atoms with E-state index in [2.05, 4.69) is 15.4 Å². The molecule has 2 aromatic carbocycles. The molecule has 0 heterocycles. The molecule has 0 fully saturated rings. The fourth-order valence-electron chi connectivity index (χ4n) is 2.62. The highest BCUT2D eigenvalue weighted by Gasteiger charge is 2.13. The van der Waals surface area contributed by atoms with Crippen molar-refractivity contribution in [1.82, 2.24) is 5.43 Å². The van der Waals surface area contributed by atoms with Crippen LogP contribution in [0.25, 0.3) is 0 Å². The van der Waals surface area contributed by atoms with Gasteiger partial charge in [-0.1, -0.05) is 17.7 Å². The van der Waals surface area contributed by atoms with Gasteiger partial charge in [0.15, 0.2) is 0 Å². The highest BCUT2D eigenvalue weighted by Crippen LogP contribution is 2.24. The maximum atomic E-state index is 12.1. The van der Waals surface area contributed by atoms with Crippen molar-refractivity contribution in [1.29, 1.82) is 0 Å². The van der Waals surface area contributed by atoms with Crippen LogP contribution in [-0.2, 0) is 0 Å². The van der Waals surface area contributed by atoms with Crippen LogP contribution in [0.4, 0.5) is 11.4 Å². The van der Waals surface area contributed by atoms with Gasteiger partial charge >= 0.3 is 0 Å². The summed E-state index contributed by atoms with van der Waals surface area (Å²) in [5.41, 5.74) is 5.33. The van der Waals surface area contributed by atoms with Crippen molar-refractivity contribution >= 4 is 23.5 Å². The quantitative estimate of drug-likeness (QED) is 0.468. The largest absolute Gasteiger partial charge is 0.372 e. The van der Waals surface area contributed by atoms with Crippen molar-refractivity contribution < 1.29 is 9.72 Å². The maximum Gasteiger partial charge on any atom is 0.271 e. The lowest BCUT2D eigenvalue weighted by molar-refractivity contribution is -0.384. The van der Waals surface area contributed by atoms with Gasteiger partial charge in [-0.2, -0.15) is 5.10 Å². The normalized spacial score (nSPS) is 10.7. The number of benzene rings is 2. The first-order chi connectivity index (χ1) is 12.5. The molecule has 0 radical (unpaired) electrons. The summed E-state index contributed by atoms with van der Waals surface area (Å²) in [6, 6.07) is 11.8. The second-order valence-electron chi connectivity index (χ2n) is 5.74. The van der Waals surface area contributed by atoms with Crippen molar-refractivity contribution in [3.05, 3.63) is 69.3 Å². The summed E-state index contributed by atoms with van der Waals surface area (Å²) in [7, 11) is 0. The molecule has 0 aliphatic rings. The zero-order valence-electron chi connectivity index (χ0n) is 15.1. The number of carbonyl (C=O) groups excluding carboxylic acids is 1. The molecular weight excluding hydrogens is 332 g/mol. The van der Waals surface area contributed by atoms with Crippen LogP contribution in [0, 0.1) is 17.0 Å². The van der Waals surface area contributed by atoms with Gasteiger partial charge in [0.25, 0.3) is 11.6 Å². The van der Waals surface area contributed by atoms with Crippen LogP contribution < -0.4 is 10.3 Å². The number of hydrazone groups is 1. The summed E-state index contributed by atoms with van der Waals surface area (Å²) in [6.07, 6.45) is 1.44. The fourth-order valence-corrected chi connectivity index (χ4v) is 2.62. The summed E-state index contributed by atoms with van der Waals surface area (Å²) in [4.78, 5) is 24.8. The van der Waals surface area contributed by atoms with Gasteiger partial charge < -0.3 is 4.90 Å². The number of hydrogen-bond acceptors (Lipinski definition) is 5. The number of amides is 1. The summed E-state index contributed by atoms with van der Waals surface area (Å²) in [5.74, 6) is -0.334. The predicted octanol–water partition coefficient (Wildman–Crippen LogP) is 3.51.